The summed E-state index contributed by atoms with van der Waals surface area (Å²) >= 11 is 7.57. The number of carbonyl (C=O) groups excluding carboxylic acids is 3. The number of aliphatic hydroxyl groups is 1. The molecule has 0 radical (unpaired) electrons. The first-order valence-corrected chi connectivity index (χ1v) is 11.8. The number of hydrogen-bond donors (Lipinski definition) is 3. The van der Waals surface area contributed by atoms with E-state index in [2.05, 4.69) is 10.6 Å². The number of nitrogens with zero attached hydrogens (tertiary/aromatic N) is 1. The van der Waals surface area contributed by atoms with Crippen LogP contribution in [0.1, 0.15) is 33.1 Å². The lowest BCUT2D eigenvalue weighted by atomic mass is 9.66. The van der Waals surface area contributed by atoms with Crippen LogP contribution in [0.4, 0.5) is 5.69 Å². The molecule has 3 heterocycles. The van der Waals surface area contributed by atoms with E-state index in [1.165, 1.54) is 0 Å². The van der Waals surface area contributed by atoms with Crippen molar-refractivity contribution in [3.63, 3.8) is 0 Å². The van der Waals surface area contributed by atoms with Crippen LogP contribution < -0.4 is 10.6 Å². The molecule has 1 aromatic rings. The van der Waals surface area contributed by atoms with Gasteiger partial charge in [-0.05, 0) is 50.5 Å². The van der Waals surface area contributed by atoms with Crippen molar-refractivity contribution in [1.29, 1.82) is 0 Å². The van der Waals surface area contributed by atoms with Crippen molar-refractivity contribution in [3.8, 4) is 0 Å². The summed E-state index contributed by atoms with van der Waals surface area (Å²) in [5, 5.41) is 16.2. The van der Waals surface area contributed by atoms with Crippen LogP contribution in [0.15, 0.2) is 24.3 Å². The average molecular weight is 466 g/mol. The van der Waals surface area contributed by atoms with E-state index in [0.29, 0.717) is 23.6 Å². The maximum Gasteiger partial charge on any atom is 0.248 e. The van der Waals surface area contributed by atoms with Gasteiger partial charge in [0.15, 0.2) is 0 Å². The molecule has 0 aromatic heterocycles. The predicted molar refractivity (Wildman–Crippen MR) is 121 cm³/mol. The van der Waals surface area contributed by atoms with Gasteiger partial charge in [0, 0.05) is 22.5 Å². The van der Waals surface area contributed by atoms with Crippen LogP contribution in [0.25, 0.3) is 0 Å². The van der Waals surface area contributed by atoms with Gasteiger partial charge in [0.25, 0.3) is 0 Å². The standard InChI is InChI=1S/C22H28ClN3O4S/c1-4-14(11-27)26-17(19(29)25-13-7-5-12(23)6-8-13)22-10-9-21(2,31-22)15(18(28)24-3)16(22)20(26)30/h5-8,14-17,27H,4,9-11H2,1-3H3,(H,24,28)(H,25,29)/t14-,15-,16-,17?,21+,22?/m0/s1. The van der Waals surface area contributed by atoms with Gasteiger partial charge in [-0.2, -0.15) is 0 Å². The number of aliphatic hydroxyl groups excluding tert-OH is 1. The molecule has 3 saturated heterocycles. The summed E-state index contributed by atoms with van der Waals surface area (Å²) in [6, 6.07) is 5.57. The molecule has 4 rings (SSSR count). The molecule has 3 aliphatic rings. The number of amides is 3. The fraction of sp³-hybridized carbons (Fsp3) is 0.591. The summed E-state index contributed by atoms with van der Waals surface area (Å²) in [7, 11) is 1.58. The van der Waals surface area contributed by atoms with E-state index in [9.17, 15) is 19.5 Å². The van der Waals surface area contributed by atoms with Crippen molar-refractivity contribution in [2.24, 2.45) is 11.8 Å². The Bertz CT molecular complexity index is 909. The number of halogens is 1. The van der Waals surface area contributed by atoms with E-state index in [-0.39, 0.29) is 24.3 Å². The third-order valence-corrected chi connectivity index (χ3v) is 9.42. The molecule has 3 amide bonds. The van der Waals surface area contributed by atoms with Crippen LogP contribution in [0.5, 0.6) is 0 Å². The van der Waals surface area contributed by atoms with Crippen LogP contribution in [-0.4, -0.2) is 63.0 Å². The topological polar surface area (TPSA) is 98.7 Å². The van der Waals surface area contributed by atoms with Gasteiger partial charge in [-0.1, -0.05) is 18.5 Å². The molecular formula is C22H28ClN3O4S. The van der Waals surface area contributed by atoms with Gasteiger partial charge in [0.2, 0.25) is 17.7 Å². The van der Waals surface area contributed by atoms with Gasteiger partial charge < -0.3 is 20.6 Å². The number of benzene rings is 1. The average Bonchev–Trinajstić information content (AvgIpc) is 3.31. The van der Waals surface area contributed by atoms with Crippen molar-refractivity contribution in [3.05, 3.63) is 29.3 Å². The Hall–Kier alpha value is -1.77. The molecule has 7 nitrogen and oxygen atoms in total. The number of nitrogens with one attached hydrogen (secondary N) is 2. The normalized spacial score (nSPS) is 34.5. The molecule has 0 saturated carbocycles. The van der Waals surface area contributed by atoms with Gasteiger partial charge in [0.1, 0.15) is 6.04 Å². The Kier molecular flexibility index (Phi) is 5.77. The minimum absolute atomic E-state index is 0.161. The zero-order chi connectivity index (χ0) is 22.6. The third-order valence-electron chi connectivity index (χ3n) is 7.18. The molecular weight excluding hydrogens is 438 g/mol. The van der Waals surface area contributed by atoms with Gasteiger partial charge in [-0.3, -0.25) is 14.4 Å². The number of hydrogen-bond acceptors (Lipinski definition) is 5. The number of likely N-dealkylation sites (tertiary alicyclic amines) is 1. The SMILES string of the molecule is CC[C@@H](CO)N1C(=O)[C@@H]2[C@@H](C(=O)NC)[C@@]3(C)CCC2(S3)C1C(=O)Nc1ccc(Cl)cc1. The summed E-state index contributed by atoms with van der Waals surface area (Å²) in [5.74, 6) is -1.75. The monoisotopic (exact) mass is 465 g/mol. The molecule has 3 fully saturated rings. The molecule has 1 aromatic carbocycles. The lowest BCUT2D eigenvalue weighted by Gasteiger charge is -2.36. The smallest absolute Gasteiger partial charge is 0.248 e. The Balaban J connectivity index is 1.77. The first-order valence-electron chi connectivity index (χ1n) is 10.6. The maximum atomic E-state index is 13.7. The van der Waals surface area contributed by atoms with Crippen LogP contribution >= 0.6 is 23.4 Å². The molecule has 0 aliphatic carbocycles. The molecule has 3 N–H and O–H groups in total. The second-order valence-electron chi connectivity index (χ2n) is 8.83. The van der Waals surface area contributed by atoms with Crippen molar-refractivity contribution in [2.75, 3.05) is 19.0 Å². The highest BCUT2D eigenvalue weighted by molar-refractivity contribution is 8.02. The van der Waals surface area contributed by atoms with Crippen molar-refractivity contribution in [2.45, 2.75) is 54.7 Å². The van der Waals surface area contributed by atoms with E-state index in [0.717, 1.165) is 6.42 Å². The highest BCUT2D eigenvalue weighted by Crippen LogP contribution is 2.71. The molecule has 31 heavy (non-hydrogen) atoms. The van der Waals surface area contributed by atoms with E-state index in [4.69, 9.17) is 11.6 Å². The third kappa shape index (κ3) is 3.26. The summed E-state index contributed by atoms with van der Waals surface area (Å²) < 4.78 is -1.09. The van der Waals surface area contributed by atoms with Crippen molar-refractivity contribution < 1.29 is 19.5 Å². The van der Waals surface area contributed by atoms with Gasteiger partial charge in [-0.25, -0.2) is 0 Å². The molecule has 2 bridgehead atoms. The Morgan fingerprint density at radius 2 is 1.97 bits per heavy atom. The van der Waals surface area contributed by atoms with Gasteiger partial charge >= 0.3 is 0 Å². The summed E-state index contributed by atoms with van der Waals surface area (Å²) in [4.78, 5) is 41.8. The minimum atomic E-state index is -0.765. The maximum absolute atomic E-state index is 13.7. The van der Waals surface area contributed by atoms with E-state index in [1.54, 1.807) is 48.0 Å². The highest BCUT2D eigenvalue weighted by atomic mass is 35.5. The van der Waals surface area contributed by atoms with Crippen LogP contribution in [0.2, 0.25) is 5.02 Å². The molecule has 3 aliphatic heterocycles. The minimum Gasteiger partial charge on any atom is -0.394 e. The Morgan fingerprint density at radius 3 is 2.55 bits per heavy atom. The zero-order valence-corrected chi connectivity index (χ0v) is 19.4. The van der Waals surface area contributed by atoms with Crippen LogP contribution in [0.3, 0.4) is 0 Å². The fourth-order valence-electron chi connectivity index (χ4n) is 5.77. The number of anilines is 1. The largest absolute Gasteiger partial charge is 0.394 e. The fourth-order valence-corrected chi connectivity index (χ4v) is 8.24. The molecule has 168 valence electrons. The predicted octanol–water partition coefficient (Wildman–Crippen LogP) is 2.28. The van der Waals surface area contributed by atoms with E-state index < -0.39 is 33.4 Å². The summed E-state index contributed by atoms with van der Waals surface area (Å²) in [6.45, 7) is 3.68. The van der Waals surface area contributed by atoms with Crippen LogP contribution in [-0.2, 0) is 14.4 Å². The van der Waals surface area contributed by atoms with E-state index >= 15 is 0 Å². The summed E-state index contributed by atoms with van der Waals surface area (Å²) in [5.41, 5.74) is 0.588. The first-order chi connectivity index (χ1) is 14.7. The quantitative estimate of drug-likeness (QED) is 0.598. The van der Waals surface area contributed by atoms with Gasteiger partial charge in [0.05, 0.1) is 29.2 Å². The van der Waals surface area contributed by atoms with Crippen molar-refractivity contribution >= 4 is 46.8 Å². The summed E-state index contributed by atoms with van der Waals surface area (Å²) in [6.07, 6.45) is 1.95. The molecule has 6 atom stereocenters. The zero-order valence-electron chi connectivity index (χ0n) is 17.9. The molecule has 1 spiro atoms. The highest BCUT2D eigenvalue weighted by Gasteiger charge is 2.77. The van der Waals surface area contributed by atoms with E-state index in [1.807, 2.05) is 13.8 Å². The molecule has 2 unspecified atom stereocenters. The number of fused-ring (bicyclic) bond motifs is 1. The van der Waals surface area contributed by atoms with Crippen LogP contribution in [0, 0.1) is 11.8 Å². The number of rotatable bonds is 6. The second kappa shape index (κ2) is 7.98. The molecule has 9 heteroatoms. The lowest BCUT2D eigenvalue weighted by Crippen LogP contribution is -2.54. The Labute approximate surface area is 191 Å². The number of carbonyl (C=O) groups is 3. The first kappa shape index (κ1) is 22.4. The van der Waals surface area contributed by atoms with Gasteiger partial charge in [-0.15, -0.1) is 11.8 Å². The second-order valence-corrected chi connectivity index (χ2v) is 11.2. The number of thioether (sulfide) groups is 1. The lowest BCUT2D eigenvalue weighted by molar-refractivity contribution is -0.142. The van der Waals surface area contributed by atoms with Crippen molar-refractivity contribution in [1.82, 2.24) is 10.2 Å². The Morgan fingerprint density at radius 1 is 1.29 bits per heavy atom.